The molecule has 2 aliphatic rings. The zero-order chi connectivity index (χ0) is 22.9. The number of phenolic OH excluding ortho intramolecular Hbond substituents is 1. The quantitative estimate of drug-likeness (QED) is 0.662. The Bertz CT molecular complexity index is 962. The van der Waals surface area contributed by atoms with Gasteiger partial charge in [-0.1, -0.05) is 25.5 Å². The van der Waals surface area contributed by atoms with Gasteiger partial charge >= 0.3 is 0 Å². The van der Waals surface area contributed by atoms with Crippen LogP contribution >= 0.6 is 0 Å². The van der Waals surface area contributed by atoms with E-state index in [-0.39, 0.29) is 11.3 Å². The van der Waals surface area contributed by atoms with Gasteiger partial charge in [0.25, 0.3) is 5.91 Å². The molecule has 1 saturated heterocycles. The molecule has 0 radical (unpaired) electrons. The fourth-order valence-corrected chi connectivity index (χ4v) is 6.08. The lowest BCUT2D eigenvalue weighted by Crippen LogP contribution is -2.53. The molecular formula is C27H39N3O2. The molecule has 2 heterocycles. The molecule has 174 valence electrons. The van der Waals surface area contributed by atoms with E-state index in [9.17, 15) is 9.90 Å². The zero-order valence-electron chi connectivity index (χ0n) is 20.2. The summed E-state index contributed by atoms with van der Waals surface area (Å²) in [5.74, 6) is 0.934. The van der Waals surface area contributed by atoms with E-state index in [1.54, 1.807) is 6.07 Å². The van der Waals surface area contributed by atoms with Crippen molar-refractivity contribution in [1.29, 1.82) is 0 Å². The van der Waals surface area contributed by atoms with Crippen molar-refractivity contribution in [3.63, 3.8) is 0 Å². The number of fused-ring (bicyclic) bond motifs is 2. The summed E-state index contributed by atoms with van der Waals surface area (Å²) in [5.41, 5.74) is 5.71. The van der Waals surface area contributed by atoms with Gasteiger partial charge in [0, 0.05) is 30.7 Å². The van der Waals surface area contributed by atoms with E-state index in [2.05, 4.69) is 29.8 Å². The maximum atomic E-state index is 13.2. The van der Waals surface area contributed by atoms with Crippen LogP contribution in [0, 0.1) is 12.8 Å². The summed E-state index contributed by atoms with van der Waals surface area (Å²) in [7, 11) is 0. The van der Waals surface area contributed by atoms with Crippen LogP contribution in [-0.2, 0) is 18.3 Å². The molecule has 0 spiro atoms. The van der Waals surface area contributed by atoms with Crippen LogP contribution in [-0.4, -0.2) is 58.5 Å². The van der Waals surface area contributed by atoms with Crippen molar-refractivity contribution < 1.29 is 9.90 Å². The summed E-state index contributed by atoms with van der Waals surface area (Å²) in [4.78, 5) is 21.3. The Morgan fingerprint density at radius 3 is 2.75 bits per heavy atom. The molecule has 32 heavy (non-hydrogen) atoms. The number of aromatic nitrogens is 1. The Balaban J connectivity index is 1.73. The van der Waals surface area contributed by atoms with Gasteiger partial charge in [-0.3, -0.25) is 4.79 Å². The first kappa shape index (κ1) is 22.9. The zero-order valence-corrected chi connectivity index (χ0v) is 20.2. The Morgan fingerprint density at radius 1 is 1.28 bits per heavy atom. The summed E-state index contributed by atoms with van der Waals surface area (Å²) in [6, 6.07) is 7.90. The topological polar surface area (TPSA) is 59.6 Å². The van der Waals surface area contributed by atoms with E-state index >= 15 is 0 Å². The van der Waals surface area contributed by atoms with Gasteiger partial charge < -0.3 is 19.9 Å². The van der Waals surface area contributed by atoms with E-state index in [0.717, 1.165) is 63.2 Å². The first-order valence-corrected chi connectivity index (χ1v) is 12.4. The average molecular weight is 438 g/mol. The van der Waals surface area contributed by atoms with Gasteiger partial charge in [-0.25, -0.2) is 0 Å². The fraction of sp³-hybridized carbons (Fsp3) is 0.593. The molecule has 5 nitrogen and oxygen atoms in total. The minimum Gasteiger partial charge on any atom is -0.508 e. The number of likely N-dealkylation sites (tertiary alicyclic amines) is 1. The molecule has 0 saturated carbocycles. The van der Waals surface area contributed by atoms with Crippen LogP contribution in [0.4, 0.5) is 0 Å². The lowest BCUT2D eigenvalue weighted by atomic mass is 9.58. The Morgan fingerprint density at radius 2 is 2.06 bits per heavy atom. The third-order valence-electron chi connectivity index (χ3n) is 8.06. The highest BCUT2D eigenvalue weighted by molar-refractivity contribution is 5.94. The van der Waals surface area contributed by atoms with Crippen molar-refractivity contribution in [2.24, 2.45) is 5.92 Å². The predicted octanol–water partition coefficient (Wildman–Crippen LogP) is 4.67. The van der Waals surface area contributed by atoms with Crippen molar-refractivity contribution in [3.05, 3.63) is 52.3 Å². The molecule has 1 aromatic carbocycles. The normalized spacial score (nSPS) is 22.9. The van der Waals surface area contributed by atoms with Crippen molar-refractivity contribution >= 4 is 5.91 Å². The lowest BCUT2D eigenvalue weighted by Gasteiger charge is -2.51. The Labute approximate surface area is 192 Å². The molecule has 5 heteroatoms. The van der Waals surface area contributed by atoms with Crippen molar-refractivity contribution in [3.8, 4) is 5.75 Å². The maximum absolute atomic E-state index is 13.2. The second kappa shape index (κ2) is 9.30. The number of aromatic hydroxyl groups is 1. The largest absolute Gasteiger partial charge is 0.508 e. The minimum atomic E-state index is 0.00126. The minimum absolute atomic E-state index is 0.00126. The number of hydrogen-bond acceptors (Lipinski definition) is 3. The molecular weight excluding hydrogens is 398 g/mol. The first-order chi connectivity index (χ1) is 15.4. The average Bonchev–Trinajstić information content (AvgIpc) is 3.11. The summed E-state index contributed by atoms with van der Waals surface area (Å²) < 4.78 is 0. The third kappa shape index (κ3) is 3.96. The predicted molar refractivity (Wildman–Crippen MR) is 129 cm³/mol. The number of nitrogens with zero attached hydrogens (tertiary/aromatic N) is 2. The van der Waals surface area contributed by atoms with Gasteiger partial charge in [0.2, 0.25) is 0 Å². The number of rotatable bonds is 7. The molecule has 4 rings (SSSR count). The second-order valence-corrected chi connectivity index (χ2v) is 9.75. The number of benzene rings is 1. The van der Waals surface area contributed by atoms with Crippen LogP contribution in [0.5, 0.6) is 5.75 Å². The molecule has 2 aromatic rings. The highest BCUT2D eigenvalue weighted by atomic mass is 16.3. The van der Waals surface area contributed by atoms with E-state index in [0.29, 0.717) is 11.7 Å². The first-order valence-electron chi connectivity index (χ1n) is 12.4. The van der Waals surface area contributed by atoms with Crippen molar-refractivity contribution in [1.82, 2.24) is 14.8 Å². The number of amides is 1. The van der Waals surface area contributed by atoms with E-state index in [1.165, 1.54) is 29.7 Å². The summed E-state index contributed by atoms with van der Waals surface area (Å²) in [6.45, 7) is 13.2. The lowest BCUT2D eigenvalue weighted by molar-refractivity contribution is 0.0765. The van der Waals surface area contributed by atoms with Crippen LogP contribution in [0.25, 0.3) is 0 Å². The molecule has 0 bridgehead atoms. The number of unbranched alkanes of at least 4 members (excludes halogenated alkanes) is 1. The molecule has 1 fully saturated rings. The van der Waals surface area contributed by atoms with Gasteiger partial charge in [0.1, 0.15) is 11.4 Å². The van der Waals surface area contributed by atoms with Crippen LogP contribution in [0.3, 0.4) is 0 Å². The smallest absolute Gasteiger partial charge is 0.270 e. The molecule has 1 aromatic heterocycles. The summed E-state index contributed by atoms with van der Waals surface area (Å²) in [6.07, 6.45) is 5.44. The molecule has 2 atom stereocenters. The summed E-state index contributed by atoms with van der Waals surface area (Å²) in [5, 5.41) is 10.3. The van der Waals surface area contributed by atoms with Gasteiger partial charge in [0.05, 0.1) is 0 Å². The number of carbonyl (C=O) groups excluding carboxylic acids is 1. The number of H-pyrrole nitrogens is 1. The molecule has 2 N–H and O–H groups in total. The van der Waals surface area contributed by atoms with E-state index in [1.807, 2.05) is 30.9 Å². The molecule has 1 aliphatic heterocycles. The number of nitrogens with one attached hydrogen (secondary N) is 1. The van der Waals surface area contributed by atoms with Gasteiger partial charge in [-0.05, 0) is 94.3 Å². The molecule has 0 unspecified atom stereocenters. The van der Waals surface area contributed by atoms with Crippen LogP contribution in [0.1, 0.15) is 72.9 Å². The van der Waals surface area contributed by atoms with Gasteiger partial charge in [0.15, 0.2) is 0 Å². The van der Waals surface area contributed by atoms with E-state index < -0.39 is 0 Å². The highest BCUT2D eigenvalue weighted by Gasteiger charge is 2.48. The molecule has 1 aliphatic carbocycles. The van der Waals surface area contributed by atoms with E-state index in [4.69, 9.17) is 0 Å². The molecule has 1 amide bonds. The number of hydrogen-bond donors (Lipinski definition) is 2. The van der Waals surface area contributed by atoms with Crippen LogP contribution < -0.4 is 0 Å². The van der Waals surface area contributed by atoms with Crippen molar-refractivity contribution in [2.45, 2.75) is 65.2 Å². The number of piperidine rings is 1. The Kier molecular flexibility index (Phi) is 6.66. The number of carbonyl (C=O) groups is 1. The van der Waals surface area contributed by atoms with Crippen molar-refractivity contribution in [2.75, 3.05) is 32.7 Å². The standard InChI is InChI=1S/C27H39N3O2/c1-5-8-13-29-14-12-27(20-10-9-11-22(31)15-20)17-24-23(16-21(27)18-29)19(4)25(28-24)26(32)30(6-2)7-3/h9-11,15,21,28,31H,5-8,12-14,16-18H2,1-4H3/t21-,27+/m0/s1. The summed E-state index contributed by atoms with van der Waals surface area (Å²) >= 11 is 0. The van der Waals surface area contributed by atoms with Gasteiger partial charge in [-0.15, -0.1) is 0 Å². The SMILES string of the molecule is CCCCN1CC[C@]2(c3cccc(O)c3)Cc3[nH]c(C(=O)N(CC)CC)c(C)c3C[C@H]2C1. The fourth-order valence-electron chi connectivity index (χ4n) is 6.08. The van der Waals surface area contributed by atoms with Gasteiger partial charge in [-0.2, -0.15) is 0 Å². The second-order valence-electron chi connectivity index (χ2n) is 9.75. The number of aromatic amines is 1. The number of phenols is 1. The van der Waals surface area contributed by atoms with Crippen LogP contribution in [0.2, 0.25) is 0 Å². The monoisotopic (exact) mass is 437 g/mol. The highest BCUT2D eigenvalue weighted by Crippen LogP contribution is 2.49. The maximum Gasteiger partial charge on any atom is 0.270 e. The van der Waals surface area contributed by atoms with Crippen LogP contribution in [0.15, 0.2) is 24.3 Å². The third-order valence-corrected chi connectivity index (χ3v) is 8.06. The Hall–Kier alpha value is -2.27.